The summed E-state index contributed by atoms with van der Waals surface area (Å²) in [7, 11) is 0. The highest BCUT2D eigenvalue weighted by molar-refractivity contribution is 8.00. The van der Waals surface area contributed by atoms with Gasteiger partial charge in [-0.3, -0.25) is 0 Å². The highest BCUT2D eigenvalue weighted by atomic mass is 35.5. The van der Waals surface area contributed by atoms with E-state index < -0.39 is 0 Å². The summed E-state index contributed by atoms with van der Waals surface area (Å²) in [5, 5.41) is 1.34. The first-order valence-electron chi connectivity index (χ1n) is 5.27. The molecule has 0 radical (unpaired) electrons. The fourth-order valence-electron chi connectivity index (χ4n) is 1.79. The predicted molar refractivity (Wildman–Crippen MR) is 72.9 cm³/mol. The van der Waals surface area contributed by atoms with E-state index in [0.29, 0.717) is 16.2 Å². The summed E-state index contributed by atoms with van der Waals surface area (Å²) in [5.74, 6) is 2.48. The number of hydrogen-bond donors (Lipinski definition) is 0. The van der Waals surface area contributed by atoms with E-state index in [1.54, 1.807) is 6.20 Å². The molecule has 0 saturated carbocycles. The summed E-state index contributed by atoms with van der Waals surface area (Å²) in [6.07, 6.45) is 1.81. The van der Waals surface area contributed by atoms with Crippen molar-refractivity contribution in [1.82, 2.24) is 4.98 Å². The minimum Gasteiger partial charge on any atom is -0.353 e. The number of halogens is 2. The Kier molecular flexibility index (Phi) is 4.22. The van der Waals surface area contributed by atoms with E-state index in [2.05, 4.69) is 16.8 Å². The Morgan fingerprint density at radius 3 is 3.06 bits per heavy atom. The van der Waals surface area contributed by atoms with Crippen molar-refractivity contribution in [3.63, 3.8) is 0 Å². The summed E-state index contributed by atoms with van der Waals surface area (Å²) >= 11 is 14.0. The molecular formula is C11H14Cl2N2S. The normalized spacial score (nSPS) is 21.2. The Morgan fingerprint density at radius 1 is 1.62 bits per heavy atom. The van der Waals surface area contributed by atoms with Gasteiger partial charge in [0.2, 0.25) is 0 Å². The lowest BCUT2D eigenvalue weighted by molar-refractivity contribution is 0.770. The minimum absolute atomic E-state index is 0.458. The molecule has 1 saturated heterocycles. The van der Waals surface area contributed by atoms with E-state index >= 15 is 0 Å². The zero-order chi connectivity index (χ0) is 11.5. The van der Waals surface area contributed by atoms with Gasteiger partial charge in [-0.2, -0.15) is 11.8 Å². The zero-order valence-electron chi connectivity index (χ0n) is 9.12. The van der Waals surface area contributed by atoms with Gasteiger partial charge in [0.15, 0.2) is 0 Å². The van der Waals surface area contributed by atoms with Crippen molar-refractivity contribution in [2.45, 2.75) is 18.1 Å². The average molecular weight is 277 g/mol. The summed E-state index contributed by atoms with van der Waals surface area (Å²) in [6.45, 7) is 4.26. The molecule has 1 aliphatic heterocycles. The van der Waals surface area contributed by atoms with E-state index in [1.807, 2.05) is 17.8 Å². The Labute approximate surface area is 110 Å². The molecular weight excluding hydrogens is 263 g/mol. The van der Waals surface area contributed by atoms with Crippen molar-refractivity contribution in [2.24, 2.45) is 0 Å². The van der Waals surface area contributed by atoms with E-state index in [-0.39, 0.29) is 0 Å². The Hall–Kier alpha value is -0.120. The molecule has 0 bridgehead atoms. The van der Waals surface area contributed by atoms with Crippen molar-refractivity contribution in [2.75, 3.05) is 23.7 Å². The van der Waals surface area contributed by atoms with Crippen LogP contribution in [0.1, 0.15) is 12.5 Å². The quantitative estimate of drug-likeness (QED) is 0.771. The molecule has 0 aliphatic carbocycles. The smallest absolute Gasteiger partial charge is 0.147 e. The minimum atomic E-state index is 0.458. The van der Waals surface area contributed by atoms with Gasteiger partial charge in [0.05, 0.1) is 5.02 Å². The van der Waals surface area contributed by atoms with Crippen LogP contribution in [0, 0.1) is 0 Å². The first kappa shape index (κ1) is 12.3. The van der Waals surface area contributed by atoms with Crippen molar-refractivity contribution in [3.05, 3.63) is 22.8 Å². The first-order chi connectivity index (χ1) is 7.70. The topological polar surface area (TPSA) is 16.1 Å². The third-order valence-electron chi connectivity index (χ3n) is 2.57. The number of nitrogens with zero attached hydrogens (tertiary/aromatic N) is 2. The summed E-state index contributed by atoms with van der Waals surface area (Å²) in [6, 6.07) is 1.91. The number of thioether (sulfide) groups is 1. The third kappa shape index (κ3) is 2.76. The van der Waals surface area contributed by atoms with Crippen LogP contribution in [-0.4, -0.2) is 29.1 Å². The number of rotatable bonds is 2. The molecule has 5 heteroatoms. The van der Waals surface area contributed by atoms with E-state index in [1.165, 1.54) is 0 Å². The number of aromatic nitrogens is 1. The lowest BCUT2D eigenvalue weighted by atomic mass is 10.3. The van der Waals surface area contributed by atoms with E-state index in [9.17, 15) is 0 Å². The molecule has 1 unspecified atom stereocenters. The van der Waals surface area contributed by atoms with Crippen LogP contribution < -0.4 is 4.90 Å². The van der Waals surface area contributed by atoms with Crippen molar-refractivity contribution >= 4 is 40.8 Å². The van der Waals surface area contributed by atoms with Gasteiger partial charge in [-0.05, 0) is 11.6 Å². The number of pyridine rings is 1. The van der Waals surface area contributed by atoms with E-state index in [0.717, 1.165) is 30.2 Å². The number of hydrogen-bond acceptors (Lipinski definition) is 3. The van der Waals surface area contributed by atoms with Crippen LogP contribution in [0.25, 0.3) is 0 Å². The van der Waals surface area contributed by atoms with Gasteiger partial charge in [-0.15, -0.1) is 11.6 Å². The highest BCUT2D eigenvalue weighted by Crippen LogP contribution is 2.28. The number of anilines is 1. The molecule has 16 heavy (non-hydrogen) atoms. The van der Waals surface area contributed by atoms with Crippen LogP contribution >= 0.6 is 35.0 Å². The maximum absolute atomic E-state index is 6.22. The average Bonchev–Trinajstić information content (AvgIpc) is 2.28. The van der Waals surface area contributed by atoms with Crippen LogP contribution in [0.2, 0.25) is 5.02 Å². The van der Waals surface area contributed by atoms with Gasteiger partial charge in [0.25, 0.3) is 0 Å². The first-order valence-corrected chi connectivity index (χ1v) is 7.23. The fraction of sp³-hybridized carbons (Fsp3) is 0.545. The maximum Gasteiger partial charge on any atom is 0.147 e. The van der Waals surface area contributed by atoms with Gasteiger partial charge in [0, 0.05) is 36.2 Å². The van der Waals surface area contributed by atoms with E-state index in [4.69, 9.17) is 23.2 Å². The third-order valence-corrected chi connectivity index (χ3v) is 4.30. The standard InChI is InChI=1S/C11H14Cl2N2S/c1-8-7-15(2-3-16-8)11-10(13)4-9(5-12)6-14-11/h4,6,8H,2-3,5,7H2,1H3. The maximum atomic E-state index is 6.22. The van der Waals surface area contributed by atoms with Crippen molar-refractivity contribution in [3.8, 4) is 0 Å². The molecule has 1 aromatic rings. The Balaban J connectivity index is 2.19. The van der Waals surface area contributed by atoms with Crippen LogP contribution in [0.5, 0.6) is 0 Å². The van der Waals surface area contributed by atoms with Crippen molar-refractivity contribution < 1.29 is 0 Å². The molecule has 2 nitrogen and oxygen atoms in total. The van der Waals surface area contributed by atoms with Crippen LogP contribution in [0.4, 0.5) is 5.82 Å². The molecule has 1 aliphatic rings. The summed E-state index contributed by atoms with van der Waals surface area (Å²) in [5.41, 5.74) is 0.967. The fourth-order valence-corrected chi connectivity index (χ4v) is 3.26. The Bertz CT molecular complexity index is 373. The molecule has 2 rings (SSSR count). The molecule has 0 aromatic carbocycles. The van der Waals surface area contributed by atoms with Gasteiger partial charge in [0.1, 0.15) is 5.82 Å². The predicted octanol–water partition coefficient (Wildman–Crippen LogP) is 3.42. The molecule has 88 valence electrons. The lowest BCUT2D eigenvalue weighted by Crippen LogP contribution is -2.37. The van der Waals surface area contributed by atoms with Crippen LogP contribution in [-0.2, 0) is 5.88 Å². The highest BCUT2D eigenvalue weighted by Gasteiger charge is 2.19. The van der Waals surface area contributed by atoms with Crippen LogP contribution in [0.3, 0.4) is 0 Å². The second-order valence-corrected chi connectivity index (χ2v) is 6.13. The molecule has 1 fully saturated rings. The molecule has 2 heterocycles. The zero-order valence-corrected chi connectivity index (χ0v) is 11.4. The second-order valence-electron chi connectivity index (χ2n) is 3.91. The molecule has 0 amide bonds. The SMILES string of the molecule is CC1CN(c2ncc(CCl)cc2Cl)CCS1. The summed E-state index contributed by atoms with van der Waals surface area (Å²) in [4.78, 5) is 6.66. The summed E-state index contributed by atoms with van der Waals surface area (Å²) < 4.78 is 0. The number of alkyl halides is 1. The van der Waals surface area contributed by atoms with Gasteiger partial charge >= 0.3 is 0 Å². The lowest BCUT2D eigenvalue weighted by Gasteiger charge is -2.32. The second kappa shape index (κ2) is 5.48. The van der Waals surface area contributed by atoms with Gasteiger partial charge < -0.3 is 4.90 Å². The van der Waals surface area contributed by atoms with Gasteiger partial charge in [-0.1, -0.05) is 18.5 Å². The van der Waals surface area contributed by atoms with Crippen LogP contribution in [0.15, 0.2) is 12.3 Å². The molecule has 0 spiro atoms. The monoisotopic (exact) mass is 276 g/mol. The Morgan fingerprint density at radius 2 is 2.44 bits per heavy atom. The van der Waals surface area contributed by atoms with Crippen molar-refractivity contribution in [1.29, 1.82) is 0 Å². The molecule has 1 aromatic heterocycles. The molecule has 0 N–H and O–H groups in total. The molecule has 1 atom stereocenters. The van der Waals surface area contributed by atoms with Gasteiger partial charge in [-0.25, -0.2) is 4.98 Å². The largest absolute Gasteiger partial charge is 0.353 e.